The molecule has 2 heterocycles. The molecule has 1 aliphatic heterocycles. The zero-order valence-electron chi connectivity index (χ0n) is 8.29. The first-order chi connectivity index (χ1) is 6.77. The van der Waals surface area contributed by atoms with E-state index in [0.717, 1.165) is 17.9 Å². The minimum absolute atomic E-state index is 0.134. The monoisotopic (exact) mass is 210 g/mol. The lowest BCUT2D eigenvalue weighted by Crippen LogP contribution is -2.20. The van der Waals surface area contributed by atoms with E-state index in [1.807, 2.05) is 13.0 Å². The number of Topliss-reactive ketones (excluding diaryl/α,β-unsaturated/α-hetero) is 1. The van der Waals surface area contributed by atoms with Crippen LogP contribution in [0.15, 0.2) is 16.5 Å². The van der Waals surface area contributed by atoms with Crippen molar-refractivity contribution in [2.75, 3.05) is 5.75 Å². The summed E-state index contributed by atoms with van der Waals surface area (Å²) in [5.41, 5.74) is 0. The highest BCUT2D eigenvalue weighted by Crippen LogP contribution is 2.28. The first-order valence-electron chi connectivity index (χ1n) is 4.99. The van der Waals surface area contributed by atoms with Gasteiger partial charge in [0.05, 0.1) is 5.25 Å². The summed E-state index contributed by atoms with van der Waals surface area (Å²) in [5, 5.41) is 0.134. The Balaban J connectivity index is 2.07. The zero-order valence-corrected chi connectivity index (χ0v) is 9.10. The van der Waals surface area contributed by atoms with Crippen molar-refractivity contribution in [1.82, 2.24) is 0 Å². The molecule has 1 atom stereocenters. The lowest BCUT2D eigenvalue weighted by Gasteiger charge is -2.18. The van der Waals surface area contributed by atoms with Gasteiger partial charge in [-0.1, -0.05) is 6.42 Å². The Morgan fingerprint density at radius 1 is 1.50 bits per heavy atom. The van der Waals surface area contributed by atoms with Gasteiger partial charge in [0.2, 0.25) is 5.78 Å². The topological polar surface area (TPSA) is 30.2 Å². The summed E-state index contributed by atoms with van der Waals surface area (Å²) < 4.78 is 5.34. The Morgan fingerprint density at radius 2 is 2.36 bits per heavy atom. The van der Waals surface area contributed by atoms with Gasteiger partial charge in [-0.2, -0.15) is 11.8 Å². The molecule has 1 unspecified atom stereocenters. The Hall–Kier alpha value is -0.700. The highest BCUT2D eigenvalue weighted by molar-refractivity contribution is 8.00. The van der Waals surface area contributed by atoms with Crippen molar-refractivity contribution in [3.8, 4) is 0 Å². The maximum atomic E-state index is 11.9. The van der Waals surface area contributed by atoms with Crippen LogP contribution in [0, 0.1) is 6.92 Å². The second-order valence-electron chi connectivity index (χ2n) is 3.63. The fourth-order valence-electron chi connectivity index (χ4n) is 1.67. The van der Waals surface area contributed by atoms with Crippen molar-refractivity contribution >= 4 is 17.5 Å². The van der Waals surface area contributed by atoms with Crippen LogP contribution in [0.1, 0.15) is 35.6 Å². The lowest BCUT2D eigenvalue weighted by atomic mass is 10.1. The molecule has 3 heteroatoms. The van der Waals surface area contributed by atoms with Gasteiger partial charge in [0.15, 0.2) is 5.76 Å². The molecule has 0 N–H and O–H groups in total. The van der Waals surface area contributed by atoms with E-state index in [9.17, 15) is 4.79 Å². The number of thioether (sulfide) groups is 1. The highest BCUT2D eigenvalue weighted by atomic mass is 32.2. The second-order valence-corrected chi connectivity index (χ2v) is 4.94. The molecule has 2 rings (SSSR count). The van der Waals surface area contributed by atoms with E-state index in [2.05, 4.69) is 0 Å². The molecule has 2 nitrogen and oxygen atoms in total. The summed E-state index contributed by atoms with van der Waals surface area (Å²) in [4.78, 5) is 11.9. The Labute approximate surface area is 88.1 Å². The quantitative estimate of drug-likeness (QED) is 0.703. The molecule has 0 amide bonds. The molecule has 0 spiro atoms. The zero-order chi connectivity index (χ0) is 9.97. The van der Waals surface area contributed by atoms with Gasteiger partial charge in [0, 0.05) is 0 Å². The summed E-state index contributed by atoms with van der Waals surface area (Å²) in [6.45, 7) is 1.87. The molecule has 0 radical (unpaired) electrons. The van der Waals surface area contributed by atoms with E-state index in [-0.39, 0.29) is 11.0 Å². The SMILES string of the molecule is Cc1ccc(C(=O)C2CCCCS2)o1. The molecular formula is C11H14O2S. The van der Waals surface area contributed by atoms with Crippen LogP contribution in [-0.4, -0.2) is 16.8 Å². The van der Waals surface area contributed by atoms with Crippen molar-refractivity contribution in [3.05, 3.63) is 23.7 Å². The minimum atomic E-state index is 0.134. The van der Waals surface area contributed by atoms with Gasteiger partial charge < -0.3 is 4.42 Å². The predicted molar refractivity (Wildman–Crippen MR) is 57.9 cm³/mol. The molecule has 76 valence electrons. The maximum absolute atomic E-state index is 11.9. The molecule has 0 saturated carbocycles. The third-order valence-corrected chi connectivity index (χ3v) is 3.83. The van der Waals surface area contributed by atoms with E-state index in [4.69, 9.17) is 4.42 Å². The van der Waals surface area contributed by atoms with Crippen molar-refractivity contribution in [2.45, 2.75) is 31.4 Å². The van der Waals surface area contributed by atoms with Crippen molar-refractivity contribution in [1.29, 1.82) is 0 Å². The Kier molecular flexibility index (Phi) is 2.96. The lowest BCUT2D eigenvalue weighted by molar-refractivity contribution is 0.0957. The molecule has 0 aliphatic carbocycles. The smallest absolute Gasteiger partial charge is 0.210 e. The number of carbonyl (C=O) groups is 1. The standard InChI is InChI=1S/C11H14O2S/c1-8-5-6-9(13-8)11(12)10-4-2-3-7-14-10/h5-6,10H,2-4,7H2,1H3. The summed E-state index contributed by atoms with van der Waals surface area (Å²) in [5.74, 6) is 2.62. The van der Waals surface area contributed by atoms with Gasteiger partial charge in [-0.15, -0.1) is 0 Å². The largest absolute Gasteiger partial charge is 0.458 e. The highest BCUT2D eigenvalue weighted by Gasteiger charge is 2.24. The van der Waals surface area contributed by atoms with Crippen LogP contribution >= 0.6 is 11.8 Å². The van der Waals surface area contributed by atoms with Crippen molar-refractivity contribution in [2.24, 2.45) is 0 Å². The maximum Gasteiger partial charge on any atom is 0.210 e. The minimum Gasteiger partial charge on any atom is -0.458 e. The van der Waals surface area contributed by atoms with E-state index in [0.29, 0.717) is 5.76 Å². The molecule has 0 bridgehead atoms. The van der Waals surface area contributed by atoms with Gasteiger partial charge in [-0.3, -0.25) is 4.79 Å². The van der Waals surface area contributed by atoms with Crippen molar-refractivity contribution < 1.29 is 9.21 Å². The second kappa shape index (κ2) is 4.22. The molecule has 14 heavy (non-hydrogen) atoms. The Bertz CT molecular complexity index is 324. The number of hydrogen-bond donors (Lipinski definition) is 0. The van der Waals surface area contributed by atoms with E-state index in [1.165, 1.54) is 12.8 Å². The van der Waals surface area contributed by atoms with Gasteiger partial charge in [0.25, 0.3) is 0 Å². The van der Waals surface area contributed by atoms with Crippen LogP contribution in [0.3, 0.4) is 0 Å². The fraction of sp³-hybridized carbons (Fsp3) is 0.545. The number of hydrogen-bond acceptors (Lipinski definition) is 3. The van der Waals surface area contributed by atoms with Crippen LogP contribution in [0.4, 0.5) is 0 Å². The van der Waals surface area contributed by atoms with Crippen LogP contribution in [0.25, 0.3) is 0 Å². The number of furan rings is 1. The number of ketones is 1. The molecular weight excluding hydrogens is 196 g/mol. The first kappa shape index (κ1) is 9.84. The van der Waals surface area contributed by atoms with Gasteiger partial charge in [-0.05, 0) is 37.7 Å². The normalized spacial score (nSPS) is 22.2. The fourth-order valence-corrected chi connectivity index (χ4v) is 2.93. The average molecular weight is 210 g/mol. The molecule has 1 aromatic heterocycles. The number of rotatable bonds is 2. The van der Waals surface area contributed by atoms with Crippen molar-refractivity contribution in [3.63, 3.8) is 0 Å². The average Bonchev–Trinajstić information content (AvgIpc) is 2.65. The summed E-state index contributed by atoms with van der Waals surface area (Å²) in [7, 11) is 0. The Morgan fingerprint density at radius 3 is 2.93 bits per heavy atom. The summed E-state index contributed by atoms with van der Waals surface area (Å²) in [6, 6.07) is 3.63. The molecule has 0 aromatic carbocycles. The van der Waals surface area contributed by atoms with E-state index in [1.54, 1.807) is 17.8 Å². The molecule has 1 aliphatic rings. The first-order valence-corrected chi connectivity index (χ1v) is 6.04. The predicted octanol–water partition coefficient (Wildman–Crippen LogP) is 3.06. The number of carbonyl (C=O) groups excluding carboxylic acids is 1. The molecule has 1 fully saturated rings. The third-order valence-electron chi connectivity index (χ3n) is 2.46. The molecule has 1 saturated heterocycles. The van der Waals surface area contributed by atoms with Crippen LogP contribution in [0.2, 0.25) is 0 Å². The number of aryl methyl sites for hydroxylation is 1. The van der Waals surface area contributed by atoms with Gasteiger partial charge in [0.1, 0.15) is 5.76 Å². The molecule has 1 aromatic rings. The summed E-state index contributed by atoms with van der Waals surface area (Å²) in [6.07, 6.45) is 3.41. The van der Waals surface area contributed by atoms with Crippen LogP contribution < -0.4 is 0 Å². The van der Waals surface area contributed by atoms with E-state index >= 15 is 0 Å². The third kappa shape index (κ3) is 2.03. The van der Waals surface area contributed by atoms with Gasteiger partial charge in [-0.25, -0.2) is 0 Å². The van der Waals surface area contributed by atoms with E-state index < -0.39 is 0 Å². The van der Waals surface area contributed by atoms with Gasteiger partial charge >= 0.3 is 0 Å². The van der Waals surface area contributed by atoms with Crippen LogP contribution in [0.5, 0.6) is 0 Å². The summed E-state index contributed by atoms with van der Waals surface area (Å²) >= 11 is 1.77. The van der Waals surface area contributed by atoms with Crippen LogP contribution in [-0.2, 0) is 0 Å².